The molecule has 1 saturated heterocycles. The molecule has 1 N–H and O–H groups in total. The third-order valence-corrected chi connectivity index (χ3v) is 6.99. The molecular weight excluding hydrogens is 457 g/mol. The molecule has 1 heterocycles. The van der Waals surface area contributed by atoms with Crippen LogP contribution in [0.1, 0.15) is 21.5 Å². The molecule has 0 aliphatic carbocycles. The van der Waals surface area contributed by atoms with Crippen molar-refractivity contribution in [1.82, 2.24) is 9.62 Å². The Balaban J connectivity index is 1.65. The number of hydrogen-bond acceptors (Lipinski definition) is 4. The summed E-state index contributed by atoms with van der Waals surface area (Å²) in [5.74, 6) is -0.573. The predicted octanol–water partition coefficient (Wildman–Crippen LogP) is 3.35. The smallest absolute Gasteiger partial charge is 0.379 e. The number of carbonyl (C=O) groups is 1. The van der Waals surface area contributed by atoms with E-state index in [9.17, 15) is 26.4 Å². The Morgan fingerprint density at radius 2 is 1.74 bits per heavy atom. The van der Waals surface area contributed by atoms with Gasteiger partial charge in [0.25, 0.3) is 5.91 Å². The van der Waals surface area contributed by atoms with E-state index in [4.69, 9.17) is 16.3 Å². The largest absolute Gasteiger partial charge is 0.416 e. The number of carbonyl (C=O) groups excluding carboxylic acids is 1. The van der Waals surface area contributed by atoms with Crippen LogP contribution in [-0.4, -0.2) is 51.5 Å². The minimum atomic E-state index is -4.41. The van der Waals surface area contributed by atoms with Gasteiger partial charge >= 0.3 is 6.18 Å². The van der Waals surface area contributed by atoms with Crippen LogP contribution in [0.15, 0.2) is 47.4 Å². The van der Waals surface area contributed by atoms with E-state index in [0.29, 0.717) is 25.2 Å². The number of alkyl halides is 3. The first-order valence-electron chi connectivity index (χ1n) is 9.41. The van der Waals surface area contributed by atoms with Crippen molar-refractivity contribution >= 4 is 27.5 Å². The molecule has 0 saturated carbocycles. The summed E-state index contributed by atoms with van der Waals surface area (Å²) in [4.78, 5) is 12.5. The molecule has 1 fully saturated rings. The maximum Gasteiger partial charge on any atom is 0.416 e. The second-order valence-electron chi connectivity index (χ2n) is 6.86. The zero-order chi connectivity index (χ0) is 22.6. The summed E-state index contributed by atoms with van der Waals surface area (Å²) >= 11 is 6.09. The number of hydrogen-bond donors (Lipinski definition) is 1. The first-order chi connectivity index (χ1) is 14.6. The molecule has 0 aromatic heterocycles. The molecule has 2 aromatic carbocycles. The normalized spacial score (nSPS) is 15.6. The van der Waals surface area contributed by atoms with Gasteiger partial charge in [0.2, 0.25) is 10.0 Å². The number of nitrogens with one attached hydrogen (secondary N) is 1. The van der Waals surface area contributed by atoms with Crippen molar-refractivity contribution in [1.29, 1.82) is 0 Å². The average Bonchev–Trinajstić information content (AvgIpc) is 2.74. The minimum absolute atomic E-state index is 0.00317. The fourth-order valence-corrected chi connectivity index (χ4v) is 4.69. The van der Waals surface area contributed by atoms with Crippen molar-refractivity contribution in [3.05, 3.63) is 64.2 Å². The summed E-state index contributed by atoms with van der Waals surface area (Å²) in [6.07, 6.45) is -4.11. The number of sulfonamides is 1. The second kappa shape index (κ2) is 9.56. The summed E-state index contributed by atoms with van der Waals surface area (Å²) in [5, 5.41) is 2.71. The van der Waals surface area contributed by atoms with E-state index < -0.39 is 27.7 Å². The van der Waals surface area contributed by atoms with E-state index in [1.807, 2.05) is 0 Å². The first kappa shape index (κ1) is 23.5. The maximum absolute atomic E-state index is 12.8. The first-order valence-corrected chi connectivity index (χ1v) is 11.2. The third-order valence-electron chi connectivity index (χ3n) is 4.77. The molecular formula is C20H20ClF3N2O4S. The van der Waals surface area contributed by atoms with Gasteiger partial charge in [-0.1, -0.05) is 23.7 Å². The lowest BCUT2D eigenvalue weighted by Crippen LogP contribution is -2.40. The molecule has 31 heavy (non-hydrogen) atoms. The van der Waals surface area contributed by atoms with E-state index >= 15 is 0 Å². The van der Waals surface area contributed by atoms with E-state index in [2.05, 4.69) is 5.32 Å². The topological polar surface area (TPSA) is 75.7 Å². The lowest BCUT2D eigenvalue weighted by atomic mass is 10.1. The Bertz CT molecular complexity index is 1040. The molecule has 11 heteroatoms. The van der Waals surface area contributed by atoms with Crippen LogP contribution in [0, 0.1) is 0 Å². The highest BCUT2D eigenvalue weighted by atomic mass is 35.5. The standard InChI is InChI=1S/C20H20ClF3N2O4S/c21-18-6-5-16(31(28,29)26-9-11-30-12-10-26)13-17(18)19(27)25-8-7-14-1-3-15(4-2-14)20(22,23)24/h1-6,13H,7-12H2,(H,25,27). The van der Waals surface area contributed by atoms with Gasteiger partial charge in [-0.3, -0.25) is 4.79 Å². The molecule has 0 radical (unpaired) electrons. The van der Waals surface area contributed by atoms with Gasteiger partial charge in [0.1, 0.15) is 0 Å². The zero-order valence-electron chi connectivity index (χ0n) is 16.3. The van der Waals surface area contributed by atoms with Gasteiger partial charge in [0.15, 0.2) is 0 Å². The summed E-state index contributed by atoms with van der Waals surface area (Å²) in [7, 11) is -3.79. The van der Waals surface area contributed by atoms with Gasteiger partial charge in [0, 0.05) is 19.6 Å². The number of amides is 1. The third kappa shape index (κ3) is 5.76. The van der Waals surface area contributed by atoms with Gasteiger partial charge in [0.05, 0.1) is 34.3 Å². The number of ether oxygens (including phenoxy) is 1. The Hall–Kier alpha value is -2.14. The van der Waals surface area contributed by atoms with Crippen LogP contribution < -0.4 is 5.32 Å². The molecule has 0 bridgehead atoms. The molecule has 168 valence electrons. The van der Waals surface area contributed by atoms with Gasteiger partial charge in [-0.25, -0.2) is 8.42 Å². The molecule has 3 rings (SSSR count). The number of morpholine rings is 1. The van der Waals surface area contributed by atoms with Crippen LogP contribution in [0.2, 0.25) is 5.02 Å². The van der Waals surface area contributed by atoms with Crippen LogP contribution in [0.5, 0.6) is 0 Å². The van der Waals surface area contributed by atoms with Gasteiger partial charge in [-0.05, 0) is 42.3 Å². The highest BCUT2D eigenvalue weighted by molar-refractivity contribution is 7.89. The molecule has 1 amide bonds. The lowest BCUT2D eigenvalue weighted by Gasteiger charge is -2.26. The van der Waals surface area contributed by atoms with Crippen molar-refractivity contribution in [2.75, 3.05) is 32.8 Å². The predicted molar refractivity (Wildman–Crippen MR) is 109 cm³/mol. The lowest BCUT2D eigenvalue weighted by molar-refractivity contribution is -0.137. The Kier molecular flexibility index (Phi) is 7.25. The molecule has 0 spiro atoms. The van der Waals surface area contributed by atoms with Gasteiger partial charge in [-0.15, -0.1) is 0 Å². The number of nitrogens with zero attached hydrogens (tertiary/aromatic N) is 1. The number of rotatable bonds is 6. The van der Waals surface area contributed by atoms with E-state index in [-0.39, 0.29) is 35.1 Å². The van der Waals surface area contributed by atoms with Crippen LogP contribution in [0.3, 0.4) is 0 Å². The fourth-order valence-electron chi connectivity index (χ4n) is 3.05. The highest BCUT2D eigenvalue weighted by Crippen LogP contribution is 2.29. The SMILES string of the molecule is O=C(NCCc1ccc(C(F)(F)F)cc1)c1cc(S(=O)(=O)N2CCOCC2)ccc1Cl. The molecule has 1 aliphatic heterocycles. The van der Waals surface area contributed by atoms with Crippen molar-refractivity contribution in [2.24, 2.45) is 0 Å². The number of benzene rings is 2. The van der Waals surface area contributed by atoms with E-state index in [1.165, 1.54) is 34.6 Å². The number of halogens is 4. The molecule has 1 aliphatic rings. The van der Waals surface area contributed by atoms with Crippen LogP contribution in [-0.2, 0) is 27.4 Å². The Labute approximate surface area is 183 Å². The monoisotopic (exact) mass is 476 g/mol. The Morgan fingerprint density at radius 3 is 2.35 bits per heavy atom. The highest BCUT2D eigenvalue weighted by Gasteiger charge is 2.30. The molecule has 0 unspecified atom stereocenters. The van der Waals surface area contributed by atoms with Gasteiger partial charge in [-0.2, -0.15) is 17.5 Å². The molecule has 2 aromatic rings. The van der Waals surface area contributed by atoms with Crippen LogP contribution in [0.25, 0.3) is 0 Å². The average molecular weight is 477 g/mol. The van der Waals surface area contributed by atoms with Crippen LogP contribution >= 0.6 is 11.6 Å². The van der Waals surface area contributed by atoms with E-state index in [1.54, 1.807) is 0 Å². The van der Waals surface area contributed by atoms with Crippen molar-refractivity contribution in [3.63, 3.8) is 0 Å². The minimum Gasteiger partial charge on any atom is -0.379 e. The quantitative estimate of drug-likeness (QED) is 0.693. The molecule has 0 atom stereocenters. The maximum atomic E-state index is 12.8. The van der Waals surface area contributed by atoms with Crippen molar-refractivity contribution in [2.45, 2.75) is 17.5 Å². The van der Waals surface area contributed by atoms with E-state index in [0.717, 1.165) is 12.1 Å². The summed E-state index contributed by atoms with van der Waals surface area (Å²) < 4.78 is 69.9. The zero-order valence-corrected chi connectivity index (χ0v) is 17.9. The molecule has 6 nitrogen and oxygen atoms in total. The van der Waals surface area contributed by atoms with Crippen molar-refractivity contribution < 1.29 is 31.1 Å². The van der Waals surface area contributed by atoms with Crippen LogP contribution in [0.4, 0.5) is 13.2 Å². The van der Waals surface area contributed by atoms with Gasteiger partial charge < -0.3 is 10.1 Å². The Morgan fingerprint density at radius 1 is 1.10 bits per heavy atom. The summed E-state index contributed by atoms with van der Waals surface area (Å²) in [5.41, 5.74) is -0.128. The van der Waals surface area contributed by atoms with Crippen molar-refractivity contribution in [3.8, 4) is 0 Å². The second-order valence-corrected chi connectivity index (χ2v) is 9.20. The summed E-state index contributed by atoms with van der Waals surface area (Å²) in [6.45, 7) is 1.18. The summed E-state index contributed by atoms with van der Waals surface area (Å²) in [6, 6.07) is 8.56. The fraction of sp³-hybridized carbons (Fsp3) is 0.350.